The molecular formula is C17H20N2O3. The smallest absolute Gasteiger partial charge is 0.359 e. The summed E-state index contributed by atoms with van der Waals surface area (Å²) < 4.78 is 12.4. The second-order valence-corrected chi connectivity index (χ2v) is 4.63. The van der Waals surface area contributed by atoms with Gasteiger partial charge in [-0.1, -0.05) is 36.9 Å². The van der Waals surface area contributed by atoms with E-state index in [9.17, 15) is 4.79 Å². The Morgan fingerprint density at radius 3 is 2.50 bits per heavy atom. The van der Waals surface area contributed by atoms with Gasteiger partial charge in [0.15, 0.2) is 5.69 Å². The van der Waals surface area contributed by atoms with Gasteiger partial charge in [0.1, 0.15) is 11.5 Å². The maximum Gasteiger partial charge on any atom is 0.359 e. The first-order chi connectivity index (χ1) is 10.7. The number of hydrogen-bond acceptors (Lipinski definition) is 4. The Labute approximate surface area is 130 Å². The Morgan fingerprint density at radius 2 is 1.86 bits per heavy atom. The number of benzene rings is 1. The van der Waals surface area contributed by atoms with Crippen LogP contribution in [0.25, 0.3) is 5.76 Å². The SMILES string of the molecule is C=C(OCC)c1c(C(=O)OCC)ncn1Cc1ccccc1. The number of aromatic nitrogens is 2. The number of ether oxygens (including phenoxy) is 2. The van der Waals surface area contributed by atoms with Crippen molar-refractivity contribution in [2.75, 3.05) is 13.2 Å². The molecule has 0 atom stereocenters. The minimum atomic E-state index is -0.467. The number of carbonyl (C=O) groups excluding carboxylic acids is 1. The molecule has 2 rings (SSSR count). The van der Waals surface area contributed by atoms with Crippen LogP contribution < -0.4 is 0 Å². The Balaban J connectivity index is 2.36. The zero-order chi connectivity index (χ0) is 15.9. The molecule has 2 aromatic rings. The van der Waals surface area contributed by atoms with Crippen molar-refractivity contribution in [3.63, 3.8) is 0 Å². The summed E-state index contributed by atoms with van der Waals surface area (Å²) in [6.07, 6.45) is 1.61. The quantitative estimate of drug-likeness (QED) is 0.582. The number of hydrogen-bond donors (Lipinski definition) is 0. The largest absolute Gasteiger partial charge is 0.492 e. The van der Waals surface area contributed by atoms with E-state index in [4.69, 9.17) is 9.47 Å². The molecule has 0 aliphatic heterocycles. The number of esters is 1. The predicted octanol–water partition coefficient (Wildman–Crippen LogP) is 3.12. The van der Waals surface area contributed by atoms with Gasteiger partial charge in [-0.3, -0.25) is 0 Å². The fraction of sp³-hybridized carbons (Fsp3) is 0.294. The summed E-state index contributed by atoms with van der Waals surface area (Å²) in [6.45, 7) is 8.87. The molecule has 0 N–H and O–H groups in total. The summed E-state index contributed by atoms with van der Waals surface area (Å²) in [5.74, 6) is -0.0517. The van der Waals surface area contributed by atoms with Crippen molar-refractivity contribution < 1.29 is 14.3 Å². The third-order valence-corrected chi connectivity index (χ3v) is 3.08. The van der Waals surface area contributed by atoms with Crippen LogP contribution in [0.15, 0.2) is 43.2 Å². The van der Waals surface area contributed by atoms with E-state index in [1.165, 1.54) is 0 Å². The highest BCUT2D eigenvalue weighted by atomic mass is 16.5. The summed E-state index contributed by atoms with van der Waals surface area (Å²) in [4.78, 5) is 16.2. The lowest BCUT2D eigenvalue weighted by Crippen LogP contribution is -2.11. The lowest BCUT2D eigenvalue weighted by atomic mass is 10.2. The monoisotopic (exact) mass is 300 g/mol. The van der Waals surface area contributed by atoms with Crippen molar-refractivity contribution in [2.45, 2.75) is 20.4 Å². The van der Waals surface area contributed by atoms with Crippen LogP contribution in [0.3, 0.4) is 0 Å². The maximum atomic E-state index is 12.0. The Bertz CT molecular complexity index is 647. The first-order valence-electron chi connectivity index (χ1n) is 7.25. The molecule has 5 heteroatoms. The van der Waals surface area contributed by atoms with E-state index in [1.807, 2.05) is 41.8 Å². The van der Waals surface area contributed by atoms with Gasteiger partial charge >= 0.3 is 5.97 Å². The molecule has 116 valence electrons. The molecule has 0 saturated carbocycles. The van der Waals surface area contributed by atoms with Crippen molar-refractivity contribution in [1.82, 2.24) is 9.55 Å². The van der Waals surface area contributed by atoms with Gasteiger partial charge in [0.2, 0.25) is 0 Å². The maximum absolute atomic E-state index is 12.0. The average Bonchev–Trinajstić information content (AvgIpc) is 2.92. The van der Waals surface area contributed by atoms with Crippen molar-refractivity contribution in [3.05, 3.63) is 60.2 Å². The topological polar surface area (TPSA) is 53.4 Å². The third kappa shape index (κ3) is 3.55. The predicted molar refractivity (Wildman–Crippen MR) is 84.4 cm³/mol. The van der Waals surface area contributed by atoms with Crippen molar-refractivity contribution >= 4 is 11.7 Å². The average molecular weight is 300 g/mol. The van der Waals surface area contributed by atoms with Gasteiger partial charge in [-0.25, -0.2) is 9.78 Å². The Morgan fingerprint density at radius 1 is 1.18 bits per heavy atom. The molecule has 1 aromatic carbocycles. The summed E-state index contributed by atoms with van der Waals surface area (Å²) in [5.41, 5.74) is 1.89. The van der Waals surface area contributed by atoms with Gasteiger partial charge < -0.3 is 14.0 Å². The van der Waals surface area contributed by atoms with Crippen molar-refractivity contribution in [2.24, 2.45) is 0 Å². The summed E-state index contributed by atoms with van der Waals surface area (Å²) in [5, 5.41) is 0. The lowest BCUT2D eigenvalue weighted by Gasteiger charge is -2.12. The molecular weight excluding hydrogens is 280 g/mol. The van der Waals surface area contributed by atoms with E-state index in [0.29, 0.717) is 31.2 Å². The summed E-state index contributed by atoms with van der Waals surface area (Å²) in [6, 6.07) is 9.92. The highest BCUT2D eigenvalue weighted by molar-refractivity contribution is 5.91. The summed E-state index contributed by atoms with van der Waals surface area (Å²) in [7, 11) is 0. The van der Waals surface area contributed by atoms with E-state index >= 15 is 0 Å². The van der Waals surface area contributed by atoms with E-state index in [2.05, 4.69) is 11.6 Å². The van der Waals surface area contributed by atoms with Gasteiger partial charge in [-0.05, 0) is 19.4 Å². The molecule has 0 bridgehead atoms. The van der Waals surface area contributed by atoms with E-state index in [0.717, 1.165) is 5.56 Å². The Hall–Kier alpha value is -2.56. The van der Waals surface area contributed by atoms with E-state index in [1.54, 1.807) is 13.3 Å². The Kier molecular flexibility index (Phi) is 5.36. The highest BCUT2D eigenvalue weighted by Gasteiger charge is 2.22. The van der Waals surface area contributed by atoms with Crippen molar-refractivity contribution in [3.8, 4) is 0 Å². The van der Waals surface area contributed by atoms with Gasteiger partial charge in [0.05, 0.1) is 19.5 Å². The molecule has 5 nitrogen and oxygen atoms in total. The van der Waals surface area contributed by atoms with Gasteiger partial charge in [0, 0.05) is 6.54 Å². The molecule has 0 amide bonds. The van der Waals surface area contributed by atoms with Crippen LogP contribution in [0.4, 0.5) is 0 Å². The van der Waals surface area contributed by atoms with Crippen LogP contribution in [0.5, 0.6) is 0 Å². The fourth-order valence-electron chi connectivity index (χ4n) is 2.17. The molecule has 0 fully saturated rings. The molecule has 1 aromatic heterocycles. The van der Waals surface area contributed by atoms with Crippen LogP contribution in [-0.4, -0.2) is 28.7 Å². The highest BCUT2D eigenvalue weighted by Crippen LogP contribution is 2.20. The molecule has 0 spiro atoms. The van der Waals surface area contributed by atoms with Crippen LogP contribution in [0.1, 0.15) is 35.6 Å². The molecule has 22 heavy (non-hydrogen) atoms. The van der Waals surface area contributed by atoms with E-state index < -0.39 is 5.97 Å². The second kappa shape index (κ2) is 7.45. The third-order valence-electron chi connectivity index (χ3n) is 3.08. The molecule has 0 unspecified atom stereocenters. The number of nitrogens with zero attached hydrogens (tertiary/aromatic N) is 2. The standard InChI is InChI=1S/C17H20N2O3/c1-4-21-13(3)16-15(17(20)22-5-2)18-12-19(16)11-14-9-7-6-8-10-14/h6-10,12H,3-5,11H2,1-2H3. The van der Waals surface area contributed by atoms with Crippen LogP contribution in [0.2, 0.25) is 0 Å². The van der Waals surface area contributed by atoms with Crippen molar-refractivity contribution in [1.29, 1.82) is 0 Å². The first kappa shape index (κ1) is 15.8. The van der Waals surface area contributed by atoms with E-state index in [-0.39, 0.29) is 5.69 Å². The molecule has 0 aliphatic carbocycles. The second-order valence-electron chi connectivity index (χ2n) is 4.63. The zero-order valence-electron chi connectivity index (χ0n) is 12.9. The zero-order valence-corrected chi connectivity index (χ0v) is 12.9. The molecule has 0 aliphatic rings. The van der Waals surface area contributed by atoms with Gasteiger partial charge in [0.25, 0.3) is 0 Å². The summed E-state index contributed by atoms with van der Waals surface area (Å²) >= 11 is 0. The number of carbonyl (C=O) groups is 1. The normalized spacial score (nSPS) is 10.3. The van der Waals surface area contributed by atoms with Crippen LogP contribution in [0, 0.1) is 0 Å². The minimum absolute atomic E-state index is 0.233. The van der Waals surface area contributed by atoms with Crippen LogP contribution >= 0.6 is 0 Å². The lowest BCUT2D eigenvalue weighted by molar-refractivity contribution is 0.0519. The fourth-order valence-corrected chi connectivity index (χ4v) is 2.17. The number of imidazole rings is 1. The van der Waals surface area contributed by atoms with Gasteiger partial charge in [-0.15, -0.1) is 0 Å². The first-order valence-corrected chi connectivity index (χ1v) is 7.25. The number of rotatable bonds is 7. The molecule has 1 heterocycles. The molecule has 0 radical (unpaired) electrons. The minimum Gasteiger partial charge on any atom is -0.492 e. The van der Waals surface area contributed by atoms with Crippen LogP contribution in [-0.2, 0) is 16.0 Å². The van der Waals surface area contributed by atoms with Gasteiger partial charge in [-0.2, -0.15) is 0 Å². The molecule has 0 saturated heterocycles.